The molecule has 3 aromatic carbocycles. The second-order valence-electron chi connectivity index (χ2n) is 12.9. The summed E-state index contributed by atoms with van der Waals surface area (Å²) < 4.78 is 33.6. The van der Waals surface area contributed by atoms with E-state index in [2.05, 4.69) is 36.2 Å². The fourth-order valence-electron chi connectivity index (χ4n) is 8.46. The number of hydrogen-bond donors (Lipinski definition) is 0. The number of carbonyl (C=O) groups is 1. The Morgan fingerprint density at radius 3 is 2.37 bits per heavy atom. The molecule has 4 fully saturated rings. The van der Waals surface area contributed by atoms with Gasteiger partial charge in [-0.1, -0.05) is 79.2 Å². The Bertz CT molecular complexity index is 1460. The van der Waals surface area contributed by atoms with Crippen LogP contribution < -0.4 is 4.74 Å². The van der Waals surface area contributed by atoms with Gasteiger partial charge in [-0.25, -0.2) is 0 Å². The summed E-state index contributed by atoms with van der Waals surface area (Å²) >= 11 is 0. The van der Waals surface area contributed by atoms with E-state index in [0.717, 1.165) is 36.8 Å². The minimum absolute atomic E-state index is 0.0881. The van der Waals surface area contributed by atoms with E-state index in [1.165, 1.54) is 6.42 Å². The highest BCUT2D eigenvalue weighted by molar-refractivity contribution is 6.05. The number of carbonyl (C=O) groups excluding carboxylic acids is 1. The average molecular weight is 582 g/mol. The predicted molar refractivity (Wildman–Crippen MR) is 160 cm³/mol. The number of likely N-dealkylation sites (tertiary alicyclic amines) is 1. The number of rotatable bonds is 5. The van der Waals surface area contributed by atoms with Crippen molar-refractivity contribution in [3.63, 3.8) is 0 Å². The Morgan fingerprint density at radius 1 is 0.860 bits per heavy atom. The highest BCUT2D eigenvalue weighted by Gasteiger charge is 2.68. The number of fused-ring (bicyclic) bond motifs is 2. The molecule has 4 heterocycles. The highest BCUT2D eigenvalue weighted by Crippen LogP contribution is 2.56. The Labute approximate surface area is 253 Å². The van der Waals surface area contributed by atoms with Crippen molar-refractivity contribution in [2.75, 3.05) is 20.2 Å². The molecule has 3 aromatic rings. The van der Waals surface area contributed by atoms with Gasteiger partial charge in [0.2, 0.25) is 0 Å². The maximum atomic E-state index is 14.8. The van der Waals surface area contributed by atoms with Gasteiger partial charge in [0.05, 0.1) is 23.6 Å². The number of benzene rings is 3. The summed E-state index contributed by atoms with van der Waals surface area (Å²) in [5.74, 6) is 0.0484. The molecule has 7 atom stereocenters. The number of ketones is 1. The topological polar surface area (TPSA) is 66.5 Å². The Kier molecular flexibility index (Phi) is 6.92. The molecule has 224 valence electrons. The van der Waals surface area contributed by atoms with Crippen LogP contribution in [0.2, 0.25) is 0 Å². The van der Waals surface area contributed by atoms with Crippen LogP contribution in [0.25, 0.3) is 0 Å². The minimum Gasteiger partial charge on any atom is -0.492 e. The first-order chi connectivity index (χ1) is 21.1. The Morgan fingerprint density at radius 2 is 1.58 bits per heavy atom. The van der Waals surface area contributed by atoms with Crippen LogP contribution in [-0.2, 0) is 25.6 Å². The van der Waals surface area contributed by atoms with Crippen molar-refractivity contribution in [3.8, 4) is 5.75 Å². The zero-order valence-electron chi connectivity index (χ0n) is 24.6. The van der Waals surface area contributed by atoms with Gasteiger partial charge < -0.3 is 23.7 Å². The number of Topliss-reactive ketones (excluding diaryl/α,β-unsaturated/α-hetero) is 1. The van der Waals surface area contributed by atoms with E-state index in [4.69, 9.17) is 23.7 Å². The van der Waals surface area contributed by atoms with Gasteiger partial charge in [0.25, 0.3) is 0 Å². The standard InChI is InChI=1S/C36H39NO6/c1-37-21-27(25-15-7-3-8-16-25)36(23-40-28-18-10-9-17-26(28)33(36)38)32(37)30-29(39-22-24-13-5-2-6-14-24)31-34(41-30)43-35(42-31)19-11-4-12-20-35/h2-3,5-10,13-18,27,29-32,34H,4,11-12,19-23H2,1H3/t27-,29?,30?,31+,32-,34+,36+/m1/s1. The molecule has 0 aromatic heterocycles. The van der Waals surface area contributed by atoms with Crippen molar-refractivity contribution < 1.29 is 28.5 Å². The molecule has 5 aliphatic rings. The molecule has 1 saturated carbocycles. The van der Waals surface area contributed by atoms with E-state index < -0.39 is 29.7 Å². The van der Waals surface area contributed by atoms with Gasteiger partial charge >= 0.3 is 0 Å². The second kappa shape index (κ2) is 10.8. The van der Waals surface area contributed by atoms with E-state index in [1.54, 1.807) is 0 Å². The lowest BCUT2D eigenvalue weighted by atomic mass is 9.63. The average Bonchev–Trinajstić information content (AvgIpc) is 3.65. The van der Waals surface area contributed by atoms with Gasteiger partial charge in [0.1, 0.15) is 30.7 Å². The molecule has 0 amide bonds. The number of para-hydroxylation sites is 1. The lowest BCUT2D eigenvalue weighted by Gasteiger charge is -2.45. The van der Waals surface area contributed by atoms with Crippen molar-refractivity contribution in [1.29, 1.82) is 0 Å². The molecule has 7 nitrogen and oxygen atoms in total. The normalized spacial score (nSPS) is 34.8. The first-order valence-electron chi connectivity index (χ1n) is 15.8. The van der Waals surface area contributed by atoms with Crippen LogP contribution in [0, 0.1) is 5.41 Å². The third-order valence-corrected chi connectivity index (χ3v) is 10.4. The van der Waals surface area contributed by atoms with Crippen LogP contribution in [-0.4, -0.2) is 67.3 Å². The smallest absolute Gasteiger partial charge is 0.190 e. The Balaban J connectivity index is 1.20. The van der Waals surface area contributed by atoms with E-state index >= 15 is 0 Å². The summed E-state index contributed by atoms with van der Waals surface area (Å²) in [7, 11) is 2.10. The summed E-state index contributed by atoms with van der Waals surface area (Å²) in [6.45, 7) is 1.38. The van der Waals surface area contributed by atoms with E-state index in [9.17, 15) is 4.79 Å². The molecule has 3 saturated heterocycles. The monoisotopic (exact) mass is 581 g/mol. The molecule has 8 rings (SSSR count). The van der Waals surface area contributed by atoms with Gasteiger partial charge in [-0.15, -0.1) is 0 Å². The largest absolute Gasteiger partial charge is 0.492 e. The summed E-state index contributed by atoms with van der Waals surface area (Å²) in [5, 5.41) is 0. The third-order valence-electron chi connectivity index (χ3n) is 10.4. The molecule has 7 heteroatoms. The number of ether oxygens (including phenoxy) is 5. The third kappa shape index (κ3) is 4.47. The molecule has 1 aliphatic carbocycles. The molecule has 4 aliphatic heterocycles. The zero-order valence-corrected chi connectivity index (χ0v) is 24.6. The molecular formula is C36H39NO6. The van der Waals surface area contributed by atoms with Gasteiger partial charge in [-0.05, 0) is 43.1 Å². The van der Waals surface area contributed by atoms with Crippen LogP contribution in [0.4, 0.5) is 0 Å². The van der Waals surface area contributed by atoms with Crippen molar-refractivity contribution >= 4 is 5.78 Å². The van der Waals surface area contributed by atoms with E-state index in [0.29, 0.717) is 24.5 Å². The van der Waals surface area contributed by atoms with Crippen molar-refractivity contribution in [2.45, 2.75) is 81.1 Å². The predicted octanol–water partition coefficient (Wildman–Crippen LogP) is 5.73. The van der Waals surface area contributed by atoms with Gasteiger partial charge in [0, 0.05) is 25.3 Å². The van der Waals surface area contributed by atoms with Gasteiger partial charge in [-0.3, -0.25) is 9.69 Å². The lowest BCUT2D eigenvalue weighted by Crippen LogP contribution is -2.59. The minimum atomic E-state index is -0.884. The van der Waals surface area contributed by atoms with Crippen LogP contribution in [0.3, 0.4) is 0 Å². The van der Waals surface area contributed by atoms with E-state index in [1.807, 2.05) is 60.7 Å². The SMILES string of the molecule is CN1C[C@H](c2ccccc2)[C@@]2(COc3ccccc3C2=O)[C@H]1C1O[C@H]2OC3(CCCCC3)O[C@H]2C1OCc1ccccc1. The van der Waals surface area contributed by atoms with Gasteiger partial charge in [0.15, 0.2) is 17.9 Å². The fraction of sp³-hybridized carbons (Fsp3) is 0.472. The van der Waals surface area contributed by atoms with Gasteiger partial charge in [-0.2, -0.15) is 0 Å². The quantitative estimate of drug-likeness (QED) is 0.381. The van der Waals surface area contributed by atoms with E-state index in [-0.39, 0.29) is 30.5 Å². The first kappa shape index (κ1) is 27.5. The highest BCUT2D eigenvalue weighted by atomic mass is 16.8. The fourth-order valence-corrected chi connectivity index (χ4v) is 8.46. The molecule has 2 unspecified atom stereocenters. The number of likely N-dealkylation sites (N-methyl/N-ethyl adjacent to an activating group) is 1. The number of hydrogen-bond acceptors (Lipinski definition) is 7. The second-order valence-corrected chi connectivity index (χ2v) is 12.9. The molecule has 43 heavy (non-hydrogen) atoms. The number of nitrogens with zero attached hydrogens (tertiary/aromatic N) is 1. The maximum Gasteiger partial charge on any atom is 0.190 e. The zero-order chi connectivity index (χ0) is 29.0. The first-order valence-corrected chi connectivity index (χ1v) is 15.8. The Hall–Kier alpha value is -3.07. The van der Waals surface area contributed by atoms with Crippen molar-refractivity contribution in [3.05, 3.63) is 102 Å². The molecule has 2 spiro atoms. The summed E-state index contributed by atoms with van der Waals surface area (Å²) in [6.07, 6.45) is 3.29. The summed E-state index contributed by atoms with van der Waals surface area (Å²) in [6, 6.07) is 27.9. The molecular weight excluding hydrogens is 542 g/mol. The van der Waals surface area contributed by atoms with Crippen LogP contribution in [0.5, 0.6) is 5.75 Å². The molecule has 0 radical (unpaired) electrons. The van der Waals surface area contributed by atoms with Crippen LogP contribution >= 0.6 is 0 Å². The van der Waals surface area contributed by atoms with Crippen molar-refractivity contribution in [1.82, 2.24) is 4.90 Å². The van der Waals surface area contributed by atoms with Crippen LogP contribution in [0.15, 0.2) is 84.9 Å². The van der Waals surface area contributed by atoms with Crippen molar-refractivity contribution in [2.24, 2.45) is 5.41 Å². The lowest BCUT2D eigenvalue weighted by molar-refractivity contribution is -0.255. The molecule has 0 bridgehead atoms. The van der Waals surface area contributed by atoms with Crippen LogP contribution in [0.1, 0.15) is 59.5 Å². The molecule has 0 N–H and O–H groups in total. The summed E-state index contributed by atoms with van der Waals surface area (Å²) in [4.78, 5) is 17.1. The summed E-state index contributed by atoms with van der Waals surface area (Å²) in [5.41, 5.74) is 1.95. The maximum absolute atomic E-state index is 14.8.